The van der Waals surface area contributed by atoms with Crippen LogP contribution in [0.3, 0.4) is 0 Å². The molecule has 2 N–H and O–H groups in total. The van der Waals surface area contributed by atoms with Crippen molar-refractivity contribution in [3.8, 4) is 0 Å². The van der Waals surface area contributed by atoms with Crippen molar-refractivity contribution in [2.45, 2.75) is 29.8 Å². The van der Waals surface area contributed by atoms with Gasteiger partial charge in [0.25, 0.3) is 0 Å². The molecule has 2 heterocycles. The molecule has 10 heteroatoms. The molecule has 1 aliphatic heterocycles. The molecule has 0 spiro atoms. The predicted molar refractivity (Wildman–Crippen MR) is 74.3 cm³/mol. The maximum Gasteiger partial charge on any atom is 0.343 e. The van der Waals surface area contributed by atoms with E-state index in [9.17, 15) is 18.0 Å². The highest BCUT2D eigenvalue weighted by Crippen LogP contribution is 2.20. The molecule has 1 aromatic rings. The Morgan fingerprint density at radius 3 is 2.80 bits per heavy atom. The van der Waals surface area contributed by atoms with Crippen molar-refractivity contribution in [1.82, 2.24) is 20.1 Å². The first-order valence-electron chi connectivity index (χ1n) is 6.07. The number of amides is 1. The Morgan fingerprint density at radius 1 is 1.60 bits per heavy atom. The Bertz CT molecular complexity index is 663. The predicted octanol–water partition coefficient (Wildman–Crippen LogP) is -1.11. The van der Waals surface area contributed by atoms with E-state index in [0.717, 1.165) is 11.8 Å². The molecule has 8 nitrogen and oxygen atoms in total. The molecule has 112 valence electrons. The van der Waals surface area contributed by atoms with E-state index in [1.807, 2.05) is 0 Å². The van der Waals surface area contributed by atoms with Gasteiger partial charge in [-0.05, 0) is 13.3 Å². The number of hydrogen-bond donors (Lipinski definition) is 2. The second-order valence-electron chi connectivity index (χ2n) is 4.74. The summed E-state index contributed by atoms with van der Waals surface area (Å²) in [5, 5.41) is 8.76. The largest absolute Gasteiger partial charge is 0.351 e. The standard InChI is InChI=1S/C10H16N4O4S2/c1-6(19-10-13-12-9(16)14(10)2)8(15)11-7-3-4-20(17,18)5-7/h6-7H,3-5H2,1-2H3,(H,11,15)(H,12,16)/t6-,7-/m0/s1. The third kappa shape index (κ3) is 3.42. The van der Waals surface area contributed by atoms with Crippen LogP contribution in [0, 0.1) is 0 Å². The smallest absolute Gasteiger partial charge is 0.343 e. The maximum absolute atomic E-state index is 12.0. The number of aromatic amines is 1. The van der Waals surface area contributed by atoms with Crippen molar-refractivity contribution in [2.24, 2.45) is 7.05 Å². The molecule has 0 bridgehead atoms. The number of aromatic nitrogens is 3. The first-order chi connectivity index (χ1) is 9.28. The molecular formula is C10H16N4O4S2. The van der Waals surface area contributed by atoms with Crippen LogP contribution in [0.25, 0.3) is 0 Å². The van der Waals surface area contributed by atoms with Gasteiger partial charge in [-0.3, -0.25) is 9.36 Å². The minimum atomic E-state index is -3.01. The van der Waals surface area contributed by atoms with E-state index in [0.29, 0.717) is 11.6 Å². The summed E-state index contributed by atoms with van der Waals surface area (Å²) in [6, 6.07) is -0.321. The third-order valence-corrected chi connectivity index (χ3v) is 5.98. The van der Waals surface area contributed by atoms with Gasteiger partial charge in [0.05, 0.1) is 16.8 Å². The van der Waals surface area contributed by atoms with E-state index in [1.54, 1.807) is 14.0 Å². The van der Waals surface area contributed by atoms with E-state index in [4.69, 9.17) is 0 Å². The van der Waals surface area contributed by atoms with Gasteiger partial charge in [0, 0.05) is 13.1 Å². The van der Waals surface area contributed by atoms with Crippen molar-refractivity contribution in [3.05, 3.63) is 10.5 Å². The number of hydrogen-bond acceptors (Lipinski definition) is 6. The Hall–Kier alpha value is -1.29. The molecule has 1 amide bonds. The van der Waals surface area contributed by atoms with E-state index in [1.165, 1.54) is 4.57 Å². The lowest BCUT2D eigenvalue weighted by Gasteiger charge is -2.14. The fraction of sp³-hybridized carbons (Fsp3) is 0.700. The van der Waals surface area contributed by atoms with E-state index in [2.05, 4.69) is 15.5 Å². The first kappa shape index (κ1) is 15.1. The molecule has 0 radical (unpaired) electrons. The lowest BCUT2D eigenvalue weighted by molar-refractivity contribution is -0.120. The van der Waals surface area contributed by atoms with Gasteiger partial charge in [0.15, 0.2) is 15.0 Å². The number of thioether (sulfide) groups is 1. The molecule has 2 rings (SSSR count). The minimum absolute atomic E-state index is 0.00296. The number of rotatable bonds is 4. The average molecular weight is 320 g/mol. The summed E-state index contributed by atoms with van der Waals surface area (Å²) in [6.45, 7) is 1.68. The van der Waals surface area contributed by atoms with Gasteiger partial charge in [0.1, 0.15) is 0 Å². The fourth-order valence-corrected chi connectivity index (χ4v) is 4.38. The molecule has 0 aliphatic carbocycles. The zero-order valence-electron chi connectivity index (χ0n) is 11.1. The summed E-state index contributed by atoms with van der Waals surface area (Å²) in [5.74, 6) is -0.141. The Labute approximate surface area is 120 Å². The van der Waals surface area contributed by atoms with Gasteiger partial charge in [-0.1, -0.05) is 11.8 Å². The molecular weight excluding hydrogens is 304 g/mol. The number of nitrogens with zero attached hydrogens (tertiary/aromatic N) is 2. The highest BCUT2D eigenvalue weighted by Gasteiger charge is 2.30. The van der Waals surface area contributed by atoms with Crippen molar-refractivity contribution < 1.29 is 13.2 Å². The summed E-state index contributed by atoms with van der Waals surface area (Å²) >= 11 is 1.14. The maximum atomic E-state index is 12.0. The van der Waals surface area contributed by atoms with E-state index >= 15 is 0 Å². The van der Waals surface area contributed by atoms with Crippen LogP contribution in [-0.2, 0) is 21.7 Å². The molecule has 1 aromatic heterocycles. The highest BCUT2D eigenvalue weighted by molar-refractivity contribution is 8.00. The number of H-pyrrole nitrogens is 1. The SMILES string of the molecule is C[C@H](Sc1n[nH]c(=O)n1C)C(=O)N[C@H]1CCS(=O)(=O)C1. The molecule has 1 saturated heterocycles. The van der Waals surface area contributed by atoms with Gasteiger partial charge in [-0.15, -0.1) is 5.10 Å². The topological polar surface area (TPSA) is 114 Å². The quantitative estimate of drug-likeness (QED) is 0.680. The molecule has 20 heavy (non-hydrogen) atoms. The number of carbonyl (C=O) groups is 1. The van der Waals surface area contributed by atoms with E-state index in [-0.39, 0.29) is 29.1 Å². The molecule has 0 saturated carbocycles. The van der Waals surface area contributed by atoms with Gasteiger partial charge in [-0.25, -0.2) is 18.3 Å². The summed E-state index contributed by atoms with van der Waals surface area (Å²) in [4.78, 5) is 23.2. The van der Waals surface area contributed by atoms with Crippen LogP contribution in [-0.4, -0.2) is 51.9 Å². The van der Waals surface area contributed by atoms with Crippen molar-refractivity contribution >= 4 is 27.5 Å². The Balaban J connectivity index is 1.93. The average Bonchev–Trinajstić information content (AvgIpc) is 2.85. The zero-order chi connectivity index (χ0) is 14.9. The lowest BCUT2D eigenvalue weighted by atomic mass is 10.2. The van der Waals surface area contributed by atoms with Gasteiger partial charge in [0.2, 0.25) is 5.91 Å². The van der Waals surface area contributed by atoms with Crippen LogP contribution in [0.2, 0.25) is 0 Å². The zero-order valence-corrected chi connectivity index (χ0v) is 12.8. The van der Waals surface area contributed by atoms with E-state index < -0.39 is 15.1 Å². The summed E-state index contributed by atoms with van der Waals surface area (Å²) in [7, 11) is -1.46. The molecule has 0 unspecified atom stereocenters. The summed E-state index contributed by atoms with van der Waals surface area (Å²) < 4.78 is 24.0. The first-order valence-corrected chi connectivity index (χ1v) is 8.77. The van der Waals surface area contributed by atoms with Crippen LogP contribution in [0.5, 0.6) is 0 Å². The number of carbonyl (C=O) groups excluding carboxylic acids is 1. The summed E-state index contributed by atoms with van der Waals surface area (Å²) in [5.41, 5.74) is -0.345. The van der Waals surface area contributed by atoms with Gasteiger partial charge >= 0.3 is 5.69 Å². The monoisotopic (exact) mass is 320 g/mol. The lowest BCUT2D eigenvalue weighted by Crippen LogP contribution is -2.40. The van der Waals surface area contributed by atoms with Crippen LogP contribution < -0.4 is 11.0 Å². The van der Waals surface area contributed by atoms with Crippen LogP contribution >= 0.6 is 11.8 Å². The number of nitrogens with one attached hydrogen (secondary N) is 2. The number of sulfone groups is 1. The second kappa shape index (κ2) is 5.60. The molecule has 2 atom stereocenters. The molecule has 1 aliphatic rings. The third-order valence-electron chi connectivity index (χ3n) is 3.07. The fourth-order valence-electron chi connectivity index (χ4n) is 1.88. The van der Waals surface area contributed by atoms with Crippen molar-refractivity contribution in [3.63, 3.8) is 0 Å². The van der Waals surface area contributed by atoms with Crippen molar-refractivity contribution in [2.75, 3.05) is 11.5 Å². The summed E-state index contributed by atoms with van der Waals surface area (Å²) in [6.07, 6.45) is 0.451. The van der Waals surface area contributed by atoms with Gasteiger partial charge in [-0.2, -0.15) is 0 Å². The van der Waals surface area contributed by atoms with Crippen LogP contribution in [0.1, 0.15) is 13.3 Å². The molecule has 1 fully saturated rings. The van der Waals surface area contributed by atoms with Crippen LogP contribution in [0.4, 0.5) is 0 Å². The second-order valence-corrected chi connectivity index (χ2v) is 8.28. The molecule has 0 aromatic carbocycles. The normalized spacial score (nSPS) is 22.6. The van der Waals surface area contributed by atoms with Crippen LogP contribution in [0.15, 0.2) is 9.95 Å². The van der Waals surface area contributed by atoms with Crippen molar-refractivity contribution in [1.29, 1.82) is 0 Å². The highest BCUT2D eigenvalue weighted by atomic mass is 32.2. The Morgan fingerprint density at radius 2 is 2.30 bits per heavy atom. The minimum Gasteiger partial charge on any atom is -0.351 e. The Kier molecular flexibility index (Phi) is 4.23. The van der Waals surface area contributed by atoms with Gasteiger partial charge < -0.3 is 5.32 Å².